The number of aromatic nitrogens is 2. The van der Waals surface area contributed by atoms with E-state index in [0.29, 0.717) is 19.8 Å². The molecule has 4 rings (SSSR count). The van der Waals surface area contributed by atoms with Gasteiger partial charge in [-0.3, -0.25) is 9.48 Å². The molecule has 6 heteroatoms. The van der Waals surface area contributed by atoms with E-state index >= 15 is 0 Å². The van der Waals surface area contributed by atoms with Crippen molar-refractivity contribution in [3.8, 4) is 11.5 Å². The number of rotatable bonds is 5. The zero-order chi connectivity index (χ0) is 17.3. The van der Waals surface area contributed by atoms with Crippen LogP contribution in [0.25, 0.3) is 0 Å². The molecule has 0 bridgehead atoms. The first-order chi connectivity index (χ1) is 12.1. The highest BCUT2D eigenvalue weighted by molar-refractivity contribution is 5.77. The maximum absolute atomic E-state index is 12.3. The van der Waals surface area contributed by atoms with Crippen LogP contribution < -0.4 is 9.47 Å². The molecule has 0 radical (unpaired) electrons. The third-order valence-corrected chi connectivity index (χ3v) is 5.09. The van der Waals surface area contributed by atoms with Crippen molar-refractivity contribution >= 4 is 5.91 Å². The summed E-state index contributed by atoms with van der Waals surface area (Å²) < 4.78 is 12.7. The van der Waals surface area contributed by atoms with E-state index in [1.54, 1.807) is 6.20 Å². The molecule has 1 atom stereocenters. The fourth-order valence-corrected chi connectivity index (χ4v) is 3.74. The van der Waals surface area contributed by atoms with E-state index < -0.39 is 0 Å². The van der Waals surface area contributed by atoms with E-state index in [0.717, 1.165) is 37.4 Å². The van der Waals surface area contributed by atoms with Crippen LogP contribution in [0, 0.1) is 5.41 Å². The Balaban J connectivity index is 1.42. The largest absolute Gasteiger partial charge is 0.454 e. The smallest absolute Gasteiger partial charge is 0.231 e. The van der Waals surface area contributed by atoms with E-state index in [2.05, 4.69) is 24.2 Å². The van der Waals surface area contributed by atoms with Gasteiger partial charge in [-0.1, -0.05) is 13.0 Å². The van der Waals surface area contributed by atoms with Crippen LogP contribution in [0.4, 0.5) is 0 Å². The lowest BCUT2D eigenvalue weighted by Crippen LogP contribution is -2.47. The van der Waals surface area contributed by atoms with E-state index in [-0.39, 0.29) is 11.3 Å². The van der Waals surface area contributed by atoms with Crippen molar-refractivity contribution in [3.63, 3.8) is 0 Å². The van der Waals surface area contributed by atoms with Crippen LogP contribution in [-0.2, 0) is 17.8 Å². The maximum atomic E-state index is 12.3. The van der Waals surface area contributed by atoms with Gasteiger partial charge in [-0.25, -0.2) is 0 Å². The minimum Gasteiger partial charge on any atom is -0.454 e. The van der Waals surface area contributed by atoms with E-state index in [1.165, 1.54) is 5.56 Å². The number of ether oxygens (including phenoxy) is 2. The quantitative estimate of drug-likeness (QED) is 0.838. The number of piperidine rings is 1. The van der Waals surface area contributed by atoms with Crippen molar-refractivity contribution < 1.29 is 14.3 Å². The first kappa shape index (κ1) is 16.0. The van der Waals surface area contributed by atoms with Crippen molar-refractivity contribution in [1.29, 1.82) is 0 Å². The second-order valence-corrected chi connectivity index (χ2v) is 7.26. The minimum atomic E-state index is 0.0751. The third-order valence-electron chi connectivity index (χ3n) is 5.09. The Morgan fingerprint density at radius 2 is 2.12 bits per heavy atom. The topological polar surface area (TPSA) is 56.6 Å². The standard InChI is InChI=1S/C19H23N3O3/c1-19(12-15-3-4-16-17(11-15)25-14-24-16)6-5-18(23)21(13-19)9-10-22-8-2-7-20-22/h2-4,7-8,11H,5-6,9-10,12-14H2,1H3. The summed E-state index contributed by atoms with van der Waals surface area (Å²) in [5.74, 6) is 1.88. The second-order valence-electron chi connectivity index (χ2n) is 7.26. The number of likely N-dealkylation sites (tertiary alicyclic amines) is 1. The van der Waals surface area contributed by atoms with Gasteiger partial charge in [-0.05, 0) is 42.0 Å². The summed E-state index contributed by atoms with van der Waals surface area (Å²) in [5.41, 5.74) is 1.30. The molecule has 0 N–H and O–H groups in total. The normalized spacial score (nSPS) is 22.4. The van der Waals surface area contributed by atoms with Gasteiger partial charge in [0.25, 0.3) is 0 Å². The zero-order valence-corrected chi connectivity index (χ0v) is 14.5. The summed E-state index contributed by atoms with van der Waals surface area (Å²) in [6.45, 7) is 4.79. The number of carbonyl (C=O) groups is 1. The number of amides is 1. The van der Waals surface area contributed by atoms with Gasteiger partial charge in [0.05, 0.1) is 6.54 Å². The summed E-state index contributed by atoms with van der Waals surface area (Å²) in [5, 5.41) is 4.22. The number of nitrogens with zero attached hydrogens (tertiary/aromatic N) is 3. The van der Waals surface area contributed by atoms with Gasteiger partial charge in [0, 0.05) is 31.9 Å². The molecule has 2 aliphatic rings. The first-order valence-corrected chi connectivity index (χ1v) is 8.75. The summed E-state index contributed by atoms with van der Waals surface area (Å²) in [7, 11) is 0. The molecule has 25 heavy (non-hydrogen) atoms. The minimum absolute atomic E-state index is 0.0751. The number of hydrogen-bond acceptors (Lipinski definition) is 4. The fraction of sp³-hybridized carbons (Fsp3) is 0.474. The average Bonchev–Trinajstić information content (AvgIpc) is 3.27. The van der Waals surface area contributed by atoms with Crippen LogP contribution in [0.15, 0.2) is 36.7 Å². The van der Waals surface area contributed by atoms with Gasteiger partial charge in [0.1, 0.15) is 0 Å². The predicted octanol–water partition coefficient (Wildman–Crippen LogP) is 2.48. The number of fused-ring (bicyclic) bond motifs is 1. The van der Waals surface area contributed by atoms with Crippen molar-refractivity contribution in [2.24, 2.45) is 5.41 Å². The van der Waals surface area contributed by atoms with E-state index in [4.69, 9.17) is 9.47 Å². The van der Waals surface area contributed by atoms with Gasteiger partial charge in [-0.2, -0.15) is 5.10 Å². The van der Waals surface area contributed by atoms with Gasteiger partial charge in [0.15, 0.2) is 11.5 Å². The summed E-state index contributed by atoms with van der Waals surface area (Å²) in [6, 6.07) is 8.05. The molecule has 2 aromatic rings. The monoisotopic (exact) mass is 341 g/mol. The molecule has 1 aromatic carbocycles. The molecular formula is C19H23N3O3. The van der Waals surface area contributed by atoms with Gasteiger partial charge in [-0.15, -0.1) is 0 Å². The molecule has 0 saturated carbocycles. The molecule has 0 aliphatic carbocycles. The average molecular weight is 341 g/mol. The SMILES string of the molecule is CC1(Cc2ccc3c(c2)OCO3)CCC(=O)N(CCn2cccn2)C1. The molecule has 1 aromatic heterocycles. The number of carbonyl (C=O) groups excluding carboxylic acids is 1. The zero-order valence-electron chi connectivity index (χ0n) is 14.5. The highest BCUT2D eigenvalue weighted by Gasteiger charge is 2.35. The molecule has 3 heterocycles. The lowest BCUT2D eigenvalue weighted by molar-refractivity contribution is -0.137. The predicted molar refractivity (Wildman–Crippen MR) is 92.4 cm³/mol. The Morgan fingerprint density at radius 3 is 2.96 bits per heavy atom. The Labute approximate surface area is 147 Å². The Morgan fingerprint density at radius 1 is 1.24 bits per heavy atom. The first-order valence-electron chi connectivity index (χ1n) is 8.75. The molecular weight excluding hydrogens is 318 g/mol. The molecule has 1 saturated heterocycles. The van der Waals surface area contributed by atoms with Crippen molar-refractivity contribution in [2.45, 2.75) is 32.7 Å². The van der Waals surface area contributed by atoms with Crippen LogP contribution in [0.5, 0.6) is 11.5 Å². The molecule has 6 nitrogen and oxygen atoms in total. The second kappa shape index (κ2) is 6.43. The summed E-state index contributed by atoms with van der Waals surface area (Å²) in [6.07, 6.45) is 6.15. The maximum Gasteiger partial charge on any atom is 0.231 e. The van der Waals surface area contributed by atoms with Crippen LogP contribution in [0.3, 0.4) is 0 Å². The fourth-order valence-electron chi connectivity index (χ4n) is 3.74. The van der Waals surface area contributed by atoms with E-state index in [9.17, 15) is 4.79 Å². The molecule has 1 unspecified atom stereocenters. The van der Waals surface area contributed by atoms with E-state index in [1.807, 2.05) is 27.9 Å². The molecule has 1 fully saturated rings. The van der Waals surface area contributed by atoms with Crippen molar-refractivity contribution in [3.05, 3.63) is 42.2 Å². The van der Waals surface area contributed by atoms with Gasteiger partial charge < -0.3 is 14.4 Å². The Kier molecular flexibility index (Phi) is 4.11. The summed E-state index contributed by atoms with van der Waals surface area (Å²) >= 11 is 0. The lowest BCUT2D eigenvalue weighted by Gasteiger charge is -2.40. The molecule has 132 valence electrons. The molecule has 2 aliphatic heterocycles. The Hall–Kier alpha value is -2.50. The Bertz CT molecular complexity index is 759. The lowest BCUT2D eigenvalue weighted by atomic mass is 9.76. The van der Waals surface area contributed by atoms with Crippen LogP contribution in [-0.4, -0.2) is 40.5 Å². The van der Waals surface area contributed by atoms with Crippen LogP contribution >= 0.6 is 0 Å². The highest BCUT2D eigenvalue weighted by atomic mass is 16.7. The highest BCUT2D eigenvalue weighted by Crippen LogP contribution is 2.37. The van der Waals surface area contributed by atoms with Crippen LogP contribution in [0.1, 0.15) is 25.3 Å². The number of hydrogen-bond donors (Lipinski definition) is 0. The third kappa shape index (κ3) is 3.48. The molecule has 1 amide bonds. The van der Waals surface area contributed by atoms with Crippen molar-refractivity contribution in [2.75, 3.05) is 19.9 Å². The van der Waals surface area contributed by atoms with Crippen LogP contribution in [0.2, 0.25) is 0 Å². The number of benzene rings is 1. The molecule has 0 spiro atoms. The van der Waals surface area contributed by atoms with Crippen molar-refractivity contribution in [1.82, 2.24) is 14.7 Å². The summed E-state index contributed by atoms with van der Waals surface area (Å²) in [4.78, 5) is 14.3. The van der Waals surface area contributed by atoms with Gasteiger partial charge >= 0.3 is 0 Å². The van der Waals surface area contributed by atoms with Gasteiger partial charge in [0.2, 0.25) is 12.7 Å².